The maximum atomic E-state index is 13.1. The molecule has 0 aliphatic heterocycles. The molecule has 0 saturated carbocycles. The number of hydrogen-bond donors (Lipinski definition) is 2. The molecule has 3 aromatic heterocycles. The van der Waals surface area contributed by atoms with E-state index < -0.39 is 15.9 Å². The summed E-state index contributed by atoms with van der Waals surface area (Å²) in [6.07, 6.45) is 1.53. The minimum atomic E-state index is -3.96. The Bertz CT molecular complexity index is 1290. The molecule has 0 bridgehead atoms. The van der Waals surface area contributed by atoms with Crippen molar-refractivity contribution < 1.29 is 22.5 Å². The van der Waals surface area contributed by atoms with E-state index in [0.29, 0.717) is 17.1 Å². The summed E-state index contributed by atoms with van der Waals surface area (Å²) in [5.41, 5.74) is 0.851. The highest BCUT2D eigenvalue weighted by Gasteiger charge is 2.29. The first-order chi connectivity index (χ1) is 15.0. The van der Waals surface area contributed by atoms with E-state index in [4.69, 9.17) is 9.26 Å². The highest BCUT2D eigenvalue weighted by molar-refractivity contribution is 7.94. The van der Waals surface area contributed by atoms with Gasteiger partial charge in [-0.3, -0.25) is 9.78 Å². The lowest BCUT2D eigenvalue weighted by atomic mass is 10.1. The van der Waals surface area contributed by atoms with Gasteiger partial charge in [-0.05, 0) is 47.8 Å². The molecule has 3 heterocycles. The Labute approximate surface area is 181 Å². The number of hydrogen-bond acceptors (Lipinski definition) is 8. The summed E-state index contributed by atoms with van der Waals surface area (Å²) in [6, 6.07) is 14.8. The third-order valence-electron chi connectivity index (χ3n) is 4.16. The molecule has 0 atom stereocenters. The lowest BCUT2D eigenvalue weighted by Gasteiger charge is -2.08. The van der Waals surface area contributed by atoms with Crippen molar-refractivity contribution in [2.45, 2.75) is 4.21 Å². The highest BCUT2D eigenvalue weighted by atomic mass is 32.2. The molecule has 0 spiro atoms. The Kier molecular flexibility index (Phi) is 5.69. The van der Waals surface area contributed by atoms with Crippen molar-refractivity contribution in [3.05, 3.63) is 71.7 Å². The van der Waals surface area contributed by atoms with Gasteiger partial charge in [-0.15, -0.1) is 11.3 Å². The fraction of sp³-hybridized carbons (Fsp3) is 0.0500. The molecule has 0 aliphatic rings. The van der Waals surface area contributed by atoms with Crippen molar-refractivity contribution >= 4 is 38.8 Å². The SMILES string of the molecule is COc1ccc(NC(=O)c2c(-c3ccccn3)noc2NS(=O)(=O)c2cccs2)cc1. The average Bonchev–Trinajstić information content (AvgIpc) is 3.45. The van der Waals surface area contributed by atoms with Gasteiger partial charge in [0, 0.05) is 11.9 Å². The van der Waals surface area contributed by atoms with E-state index in [9.17, 15) is 13.2 Å². The Morgan fingerprint density at radius 2 is 1.90 bits per heavy atom. The molecule has 4 aromatic rings. The molecule has 2 N–H and O–H groups in total. The van der Waals surface area contributed by atoms with Crippen LogP contribution >= 0.6 is 11.3 Å². The van der Waals surface area contributed by atoms with Crippen molar-refractivity contribution in [2.75, 3.05) is 17.1 Å². The fourth-order valence-electron chi connectivity index (χ4n) is 2.70. The zero-order valence-corrected chi connectivity index (χ0v) is 17.7. The number of pyridine rings is 1. The van der Waals surface area contributed by atoms with Crippen LogP contribution in [0.2, 0.25) is 0 Å². The summed E-state index contributed by atoms with van der Waals surface area (Å²) in [5, 5.41) is 8.24. The lowest BCUT2D eigenvalue weighted by molar-refractivity contribution is 0.102. The molecule has 1 aromatic carbocycles. The predicted octanol–water partition coefficient (Wildman–Crippen LogP) is 3.86. The Balaban J connectivity index is 1.72. The van der Waals surface area contributed by atoms with Gasteiger partial charge in [-0.2, -0.15) is 0 Å². The molecule has 0 fully saturated rings. The summed E-state index contributed by atoms with van der Waals surface area (Å²) < 4.78 is 38.0. The summed E-state index contributed by atoms with van der Waals surface area (Å²) in [6.45, 7) is 0. The van der Waals surface area contributed by atoms with Crippen LogP contribution in [0, 0.1) is 0 Å². The van der Waals surface area contributed by atoms with Crippen LogP contribution in [0.5, 0.6) is 5.75 Å². The van der Waals surface area contributed by atoms with Gasteiger partial charge in [0.25, 0.3) is 21.8 Å². The molecule has 4 rings (SSSR count). The number of ether oxygens (including phenoxy) is 1. The second-order valence-electron chi connectivity index (χ2n) is 6.17. The van der Waals surface area contributed by atoms with Crippen LogP contribution in [0.4, 0.5) is 11.6 Å². The van der Waals surface area contributed by atoms with E-state index in [0.717, 1.165) is 11.3 Å². The number of anilines is 2. The van der Waals surface area contributed by atoms with Crippen molar-refractivity contribution in [3.8, 4) is 17.1 Å². The Hall–Kier alpha value is -3.70. The second kappa shape index (κ2) is 8.58. The second-order valence-corrected chi connectivity index (χ2v) is 9.03. The molecule has 0 saturated heterocycles. The highest BCUT2D eigenvalue weighted by Crippen LogP contribution is 2.31. The summed E-state index contributed by atoms with van der Waals surface area (Å²) >= 11 is 1.04. The molecule has 11 heteroatoms. The van der Waals surface area contributed by atoms with Crippen molar-refractivity contribution in [1.29, 1.82) is 0 Å². The van der Waals surface area contributed by atoms with E-state index in [1.807, 2.05) is 0 Å². The minimum Gasteiger partial charge on any atom is -0.497 e. The zero-order valence-electron chi connectivity index (χ0n) is 16.1. The van der Waals surface area contributed by atoms with Crippen LogP contribution in [0.1, 0.15) is 10.4 Å². The van der Waals surface area contributed by atoms with Gasteiger partial charge in [-0.25, -0.2) is 13.1 Å². The fourth-order valence-corrected chi connectivity index (χ4v) is 4.69. The molecular weight excluding hydrogens is 440 g/mol. The summed E-state index contributed by atoms with van der Waals surface area (Å²) in [5.74, 6) is -0.294. The number of benzene rings is 1. The average molecular weight is 457 g/mol. The molecule has 158 valence electrons. The summed E-state index contributed by atoms with van der Waals surface area (Å²) in [4.78, 5) is 17.3. The van der Waals surface area contributed by atoms with Gasteiger partial charge in [0.1, 0.15) is 21.2 Å². The van der Waals surface area contributed by atoms with Crippen LogP contribution in [0.15, 0.2) is 74.9 Å². The first kappa shape index (κ1) is 20.6. The van der Waals surface area contributed by atoms with E-state index in [-0.39, 0.29) is 21.4 Å². The maximum absolute atomic E-state index is 13.1. The Morgan fingerprint density at radius 1 is 1.10 bits per heavy atom. The summed E-state index contributed by atoms with van der Waals surface area (Å²) in [7, 11) is -2.42. The number of rotatable bonds is 7. The Morgan fingerprint density at radius 3 is 2.55 bits per heavy atom. The normalized spacial score (nSPS) is 11.1. The number of carbonyl (C=O) groups is 1. The predicted molar refractivity (Wildman–Crippen MR) is 116 cm³/mol. The van der Waals surface area contributed by atoms with Crippen molar-refractivity contribution in [2.24, 2.45) is 0 Å². The van der Waals surface area contributed by atoms with Gasteiger partial charge >= 0.3 is 0 Å². The minimum absolute atomic E-state index is 0.0739. The first-order valence-electron chi connectivity index (χ1n) is 8.91. The lowest BCUT2D eigenvalue weighted by Crippen LogP contribution is -2.17. The van der Waals surface area contributed by atoms with Gasteiger partial charge in [0.05, 0.1) is 12.8 Å². The standard InChI is InChI=1S/C20H16N4O5S2/c1-28-14-9-7-13(8-10-14)22-19(25)17-18(15-5-2-3-11-21-15)23-29-20(17)24-31(26,27)16-6-4-12-30-16/h2-12,24H,1H3,(H,22,25). The van der Waals surface area contributed by atoms with Crippen molar-refractivity contribution in [1.82, 2.24) is 10.1 Å². The zero-order chi connectivity index (χ0) is 21.8. The van der Waals surface area contributed by atoms with Gasteiger partial charge in [0.2, 0.25) is 0 Å². The number of aromatic nitrogens is 2. The molecule has 1 amide bonds. The molecule has 0 aliphatic carbocycles. The van der Waals surface area contributed by atoms with E-state index >= 15 is 0 Å². The largest absolute Gasteiger partial charge is 0.497 e. The number of carbonyl (C=O) groups excluding carboxylic acids is 1. The molecule has 9 nitrogen and oxygen atoms in total. The molecular formula is C20H16N4O5S2. The smallest absolute Gasteiger partial charge is 0.273 e. The van der Waals surface area contributed by atoms with Gasteiger partial charge in [-0.1, -0.05) is 17.3 Å². The van der Waals surface area contributed by atoms with Crippen LogP contribution in [-0.4, -0.2) is 31.6 Å². The van der Waals surface area contributed by atoms with E-state index in [1.165, 1.54) is 19.4 Å². The number of nitrogens with one attached hydrogen (secondary N) is 2. The van der Waals surface area contributed by atoms with Crippen molar-refractivity contribution in [3.63, 3.8) is 0 Å². The number of thiophene rings is 1. The molecule has 31 heavy (non-hydrogen) atoms. The third-order valence-corrected chi connectivity index (χ3v) is 6.89. The number of methoxy groups -OCH3 is 1. The quantitative estimate of drug-likeness (QED) is 0.433. The monoisotopic (exact) mass is 456 g/mol. The maximum Gasteiger partial charge on any atom is 0.273 e. The van der Waals surface area contributed by atoms with Crippen LogP contribution in [0.25, 0.3) is 11.4 Å². The van der Waals surface area contributed by atoms with Crippen LogP contribution < -0.4 is 14.8 Å². The van der Waals surface area contributed by atoms with Crippen LogP contribution in [-0.2, 0) is 10.0 Å². The molecule has 0 unspecified atom stereocenters. The third kappa shape index (κ3) is 4.42. The van der Waals surface area contributed by atoms with Crippen LogP contribution in [0.3, 0.4) is 0 Å². The van der Waals surface area contributed by atoms with E-state index in [1.54, 1.807) is 53.9 Å². The van der Waals surface area contributed by atoms with E-state index in [2.05, 4.69) is 20.2 Å². The topological polar surface area (TPSA) is 123 Å². The molecule has 0 radical (unpaired) electrons. The number of sulfonamides is 1. The number of nitrogens with zero attached hydrogens (tertiary/aromatic N) is 2. The van der Waals surface area contributed by atoms with Gasteiger partial charge < -0.3 is 14.6 Å². The van der Waals surface area contributed by atoms with Gasteiger partial charge in [0.15, 0.2) is 0 Å². The first-order valence-corrected chi connectivity index (χ1v) is 11.3. The number of amides is 1.